The van der Waals surface area contributed by atoms with Crippen LogP contribution in [0.15, 0.2) is 54.6 Å². The van der Waals surface area contributed by atoms with Gasteiger partial charge in [0.05, 0.1) is 39.3 Å². The largest absolute Gasteiger partial charge is 0.493 e. The maximum Gasteiger partial charge on any atom is 0.337 e. The van der Waals surface area contributed by atoms with Gasteiger partial charge >= 0.3 is 5.97 Å². The molecule has 0 aliphatic carbocycles. The summed E-state index contributed by atoms with van der Waals surface area (Å²) in [6.45, 7) is 0.862. The fraction of sp³-hybridized carbons (Fsp3) is 0.286. The number of esters is 1. The Kier molecular flexibility index (Phi) is 8.45. The molecule has 1 heterocycles. The number of fused-ring (bicyclic) bond motifs is 2. The molecule has 194 valence electrons. The molecule has 9 heteroatoms. The quantitative estimate of drug-likeness (QED) is 0.320. The number of rotatable bonds is 9. The first-order valence-electron chi connectivity index (χ1n) is 11.6. The smallest absolute Gasteiger partial charge is 0.337 e. The number of hydrogen-bond donors (Lipinski definition) is 1. The molecule has 0 saturated carbocycles. The highest BCUT2D eigenvalue weighted by molar-refractivity contribution is 7.99. The number of hydrogen-bond acceptors (Lipinski definition) is 8. The van der Waals surface area contributed by atoms with Crippen LogP contribution < -0.4 is 24.3 Å². The van der Waals surface area contributed by atoms with Gasteiger partial charge in [-0.3, -0.25) is 4.79 Å². The Morgan fingerprint density at radius 1 is 0.919 bits per heavy atom. The second-order valence-electron chi connectivity index (χ2n) is 8.15. The van der Waals surface area contributed by atoms with Crippen molar-refractivity contribution in [2.24, 2.45) is 0 Å². The third kappa shape index (κ3) is 5.61. The van der Waals surface area contributed by atoms with E-state index in [0.717, 1.165) is 22.4 Å². The minimum Gasteiger partial charge on any atom is -0.493 e. The molecule has 8 nitrogen and oxygen atoms in total. The van der Waals surface area contributed by atoms with Crippen molar-refractivity contribution >= 4 is 23.6 Å². The molecule has 37 heavy (non-hydrogen) atoms. The summed E-state index contributed by atoms with van der Waals surface area (Å²) in [5.41, 5.74) is 3.96. The molecule has 3 aromatic carbocycles. The summed E-state index contributed by atoms with van der Waals surface area (Å²) in [5.74, 6) is 1.94. The lowest BCUT2D eigenvalue weighted by Gasteiger charge is -2.19. The van der Waals surface area contributed by atoms with Gasteiger partial charge in [0.25, 0.3) is 5.91 Å². The zero-order chi connectivity index (χ0) is 26.4. The zero-order valence-electron chi connectivity index (χ0n) is 21.2. The van der Waals surface area contributed by atoms with E-state index < -0.39 is 5.97 Å². The Balaban J connectivity index is 1.51. The molecule has 1 unspecified atom stereocenters. The zero-order valence-corrected chi connectivity index (χ0v) is 22.0. The molecule has 1 amide bonds. The van der Waals surface area contributed by atoms with Crippen molar-refractivity contribution in [1.82, 2.24) is 5.32 Å². The highest BCUT2D eigenvalue weighted by Gasteiger charge is 2.26. The van der Waals surface area contributed by atoms with Crippen molar-refractivity contribution in [2.75, 3.05) is 40.7 Å². The summed E-state index contributed by atoms with van der Waals surface area (Å²) in [6.07, 6.45) is 0. The second-order valence-corrected chi connectivity index (χ2v) is 9.37. The van der Waals surface area contributed by atoms with Crippen LogP contribution in [0, 0.1) is 0 Å². The number of methoxy groups -OCH3 is 4. The van der Waals surface area contributed by atoms with Gasteiger partial charge in [0.15, 0.2) is 11.5 Å². The first-order chi connectivity index (χ1) is 18.0. The Morgan fingerprint density at radius 3 is 2.32 bits per heavy atom. The highest BCUT2D eigenvalue weighted by atomic mass is 32.2. The van der Waals surface area contributed by atoms with Crippen molar-refractivity contribution in [2.45, 2.75) is 11.9 Å². The average molecular weight is 524 g/mol. The van der Waals surface area contributed by atoms with Crippen molar-refractivity contribution in [3.8, 4) is 23.0 Å². The molecule has 1 N–H and O–H groups in total. The van der Waals surface area contributed by atoms with Crippen LogP contribution in [-0.4, -0.2) is 52.6 Å². The van der Waals surface area contributed by atoms with Gasteiger partial charge in [0, 0.05) is 23.4 Å². The summed E-state index contributed by atoms with van der Waals surface area (Å²) in [4.78, 5) is 25.1. The van der Waals surface area contributed by atoms with E-state index in [1.807, 2.05) is 30.3 Å². The van der Waals surface area contributed by atoms with Crippen LogP contribution in [0.25, 0.3) is 0 Å². The lowest BCUT2D eigenvalue weighted by Crippen LogP contribution is -2.26. The number of ether oxygens (including phenoxy) is 5. The fourth-order valence-corrected chi connectivity index (χ4v) is 5.44. The molecule has 1 atom stereocenters. The minimum atomic E-state index is -0.401. The number of amides is 1. The topological polar surface area (TPSA) is 92.3 Å². The van der Waals surface area contributed by atoms with E-state index in [-0.39, 0.29) is 11.2 Å². The van der Waals surface area contributed by atoms with Crippen molar-refractivity contribution in [1.29, 1.82) is 0 Å². The van der Waals surface area contributed by atoms with Crippen LogP contribution in [0.5, 0.6) is 23.0 Å². The first-order valence-corrected chi connectivity index (χ1v) is 12.7. The first kappa shape index (κ1) is 26.2. The third-order valence-corrected chi connectivity index (χ3v) is 7.31. The molecule has 0 fully saturated rings. The predicted molar refractivity (Wildman–Crippen MR) is 141 cm³/mol. The number of carbonyl (C=O) groups excluding carboxylic acids is 2. The predicted octanol–water partition coefficient (Wildman–Crippen LogP) is 4.64. The maximum absolute atomic E-state index is 12.9. The number of thioether (sulfide) groups is 1. The van der Waals surface area contributed by atoms with Gasteiger partial charge in [-0.25, -0.2) is 4.79 Å². The molecule has 0 aromatic heterocycles. The van der Waals surface area contributed by atoms with Gasteiger partial charge in [0.2, 0.25) is 5.75 Å². The van der Waals surface area contributed by atoms with Crippen LogP contribution in [0.4, 0.5) is 0 Å². The number of nitrogens with one attached hydrogen (secondary N) is 1. The summed E-state index contributed by atoms with van der Waals surface area (Å²) < 4.78 is 27.0. The van der Waals surface area contributed by atoms with Gasteiger partial charge in [-0.1, -0.05) is 24.3 Å². The van der Waals surface area contributed by atoms with Crippen LogP contribution in [0.2, 0.25) is 0 Å². The Bertz CT molecular complexity index is 1270. The molecule has 0 spiro atoms. The molecule has 3 aromatic rings. The summed E-state index contributed by atoms with van der Waals surface area (Å²) >= 11 is 1.67. The van der Waals surface area contributed by atoms with E-state index in [0.29, 0.717) is 47.3 Å². The molecule has 0 bridgehead atoms. The van der Waals surface area contributed by atoms with Gasteiger partial charge in [-0.15, -0.1) is 11.8 Å². The Morgan fingerprint density at radius 2 is 1.65 bits per heavy atom. The van der Waals surface area contributed by atoms with Crippen molar-refractivity contribution in [3.63, 3.8) is 0 Å². The average Bonchev–Trinajstić information content (AvgIpc) is 3.10. The van der Waals surface area contributed by atoms with Crippen LogP contribution >= 0.6 is 11.8 Å². The molecular formula is C28H29NO7S. The lowest BCUT2D eigenvalue weighted by molar-refractivity contribution is 0.0600. The molecule has 1 aliphatic heterocycles. The number of benzene rings is 3. The summed E-state index contributed by atoms with van der Waals surface area (Å²) in [6, 6.07) is 16.7. The van der Waals surface area contributed by atoms with Gasteiger partial charge < -0.3 is 29.0 Å². The van der Waals surface area contributed by atoms with Crippen molar-refractivity contribution < 1.29 is 33.3 Å². The fourth-order valence-electron chi connectivity index (χ4n) is 4.21. The highest BCUT2D eigenvalue weighted by Crippen LogP contribution is 2.44. The Labute approximate surface area is 220 Å². The van der Waals surface area contributed by atoms with E-state index in [9.17, 15) is 9.59 Å². The van der Waals surface area contributed by atoms with E-state index in [4.69, 9.17) is 23.7 Å². The van der Waals surface area contributed by atoms with Crippen LogP contribution in [-0.2, 0) is 11.3 Å². The lowest BCUT2D eigenvalue weighted by atomic mass is 9.98. The third-order valence-electron chi connectivity index (χ3n) is 6.03. The minimum absolute atomic E-state index is 0.0867. The van der Waals surface area contributed by atoms with E-state index in [1.54, 1.807) is 30.0 Å². The van der Waals surface area contributed by atoms with Crippen LogP contribution in [0.3, 0.4) is 0 Å². The van der Waals surface area contributed by atoms with Gasteiger partial charge in [-0.05, 0) is 41.5 Å². The van der Waals surface area contributed by atoms with E-state index in [2.05, 4.69) is 11.4 Å². The summed E-state index contributed by atoms with van der Waals surface area (Å²) in [7, 11) is 5.89. The standard InChI is InChI=1S/C28H29NO7S/c1-32-23-14-19(15-24(33-2)25(23)34-3)27(30)29-11-12-37-26-20-8-6-5-7-18(20)16-36-22-10-9-17(13-21(22)26)28(31)35-4/h5-10,13-15,26H,11-12,16H2,1-4H3,(H,29,30). The van der Waals surface area contributed by atoms with Gasteiger partial charge in [0.1, 0.15) is 12.4 Å². The SMILES string of the molecule is COC(=O)c1ccc2c(c1)C(SCCNC(=O)c1cc(OC)c(OC)c(OC)c1)c1ccccc1CO2. The van der Waals surface area contributed by atoms with E-state index >= 15 is 0 Å². The molecule has 4 rings (SSSR count). The molecular weight excluding hydrogens is 494 g/mol. The summed E-state index contributed by atoms with van der Waals surface area (Å²) in [5, 5.41) is 2.88. The Hall–Kier alpha value is -3.85. The maximum atomic E-state index is 12.9. The molecule has 0 saturated heterocycles. The van der Waals surface area contributed by atoms with Gasteiger partial charge in [-0.2, -0.15) is 0 Å². The number of carbonyl (C=O) groups is 2. The van der Waals surface area contributed by atoms with E-state index in [1.165, 1.54) is 28.4 Å². The van der Waals surface area contributed by atoms with Crippen molar-refractivity contribution in [3.05, 3.63) is 82.4 Å². The van der Waals surface area contributed by atoms with Crippen LogP contribution in [0.1, 0.15) is 42.7 Å². The molecule has 1 aliphatic rings. The monoisotopic (exact) mass is 523 g/mol. The normalized spacial score (nSPS) is 13.8. The second kappa shape index (κ2) is 11.9. The molecule has 0 radical (unpaired) electrons.